The topological polar surface area (TPSA) is 78.0 Å². The van der Waals surface area contributed by atoms with Crippen LogP contribution in [0.1, 0.15) is 55.3 Å². The number of nitrogens with one attached hydrogen (secondary N) is 1. The van der Waals surface area contributed by atoms with Gasteiger partial charge < -0.3 is 15.0 Å². The molecule has 0 aliphatic carbocycles. The molecule has 2 fully saturated rings. The SMILES string of the molecule is CC(C)(C)OC(=O)N1C(C(=O)NCCCN2CCN([C@H](c3ccccc3)c3ccc(Cl)cc3)CC2)CSC1c1cccnc1. The molecule has 0 saturated carbocycles. The van der Waals surface area contributed by atoms with Crippen molar-refractivity contribution in [2.24, 2.45) is 0 Å². The second kappa shape index (κ2) is 14.8. The molecule has 2 aliphatic rings. The van der Waals surface area contributed by atoms with Gasteiger partial charge in [0.15, 0.2) is 0 Å². The van der Waals surface area contributed by atoms with Gasteiger partial charge in [-0.25, -0.2) is 4.79 Å². The Morgan fingerprint density at radius 1 is 1.00 bits per heavy atom. The van der Waals surface area contributed by atoms with Crippen molar-refractivity contribution in [3.8, 4) is 0 Å². The molecule has 3 aromatic rings. The minimum atomic E-state index is -0.662. The molecule has 3 atom stereocenters. The summed E-state index contributed by atoms with van der Waals surface area (Å²) in [6.45, 7) is 10.8. The Hall–Kier alpha value is -3.11. The number of amides is 2. The first-order chi connectivity index (χ1) is 21.2. The van der Waals surface area contributed by atoms with E-state index in [4.69, 9.17) is 16.3 Å². The number of hydrogen-bond donors (Lipinski definition) is 1. The molecule has 0 radical (unpaired) electrons. The number of thioether (sulfide) groups is 1. The highest BCUT2D eigenvalue weighted by Crippen LogP contribution is 2.42. The summed E-state index contributed by atoms with van der Waals surface area (Å²) in [5.74, 6) is 0.358. The lowest BCUT2D eigenvalue weighted by Crippen LogP contribution is -2.50. The normalized spacial score (nSPS) is 20.3. The van der Waals surface area contributed by atoms with Gasteiger partial charge in [0.1, 0.15) is 17.0 Å². The molecule has 1 aromatic heterocycles. The third kappa shape index (κ3) is 8.33. The Labute approximate surface area is 270 Å². The zero-order valence-electron chi connectivity index (χ0n) is 25.7. The number of piperazine rings is 1. The Morgan fingerprint density at radius 3 is 2.36 bits per heavy atom. The summed E-state index contributed by atoms with van der Waals surface area (Å²) >= 11 is 7.75. The highest BCUT2D eigenvalue weighted by molar-refractivity contribution is 7.99. The molecule has 2 saturated heterocycles. The Kier molecular flexibility index (Phi) is 10.8. The molecular weight excluding hydrogens is 594 g/mol. The fourth-order valence-corrected chi connectivity index (χ4v) is 7.32. The minimum absolute atomic E-state index is 0.145. The van der Waals surface area contributed by atoms with Gasteiger partial charge in [0.2, 0.25) is 5.91 Å². The van der Waals surface area contributed by atoms with E-state index in [1.54, 1.807) is 29.1 Å². The molecule has 234 valence electrons. The fraction of sp³-hybridized carbons (Fsp3) is 0.441. The van der Waals surface area contributed by atoms with Gasteiger partial charge in [-0.2, -0.15) is 0 Å². The standard InChI is InChI=1S/C34H42ClN5O3S/c1-34(2,3)43-33(42)40-29(24-44-32(40)27-11-7-16-36-23-27)31(41)37-17-8-18-38-19-21-39(22-20-38)30(25-9-5-4-6-10-25)26-12-14-28(35)15-13-26/h4-7,9-16,23,29-30,32H,8,17-22,24H2,1-3H3,(H,37,41)/t29?,30-,32?/m1/s1. The van der Waals surface area contributed by atoms with Gasteiger partial charge in [-0.05, 0) is 63.1 Å². The van der Waals surface area contributed by atoms with Crippen LogP contribution in [-0.2, 0) is 9.53 Å². The number of carbonyl (C=O) groups is 2. The number of benzene rings is 2. The molecule has 0 spiro atoms. The number of hydrogen-bond acceptors (Lipinski definition) is 7. The van der Waals surface area contributed by atoms with E-state index in [0.29, 0.717) is 12.3 Å². The van der Waals surface area contributed by atoms with Crippen molar-refractivity contribution in [1.82, 2.24) is 25.0 Å². The third-order valence-electron chi connectivity index (χ3n) is 7.90. The largest absolute Gasteiger partial charge is 0.444 e. The predicted molar refractivity (Wildman–Crippen MR) is 177 cm³/mol. The summed E-state index contributed by atoms with van der Waals surface area (Å²) in [5, 5.41) is 3.52. The van der Waals surface area contributed by atoms with Crippen LogP contribution < -0.4 is 5.32 Å². The molecule has 10 heteroatoms. The lowest BCUT2D eigenvalue weighted by molar-refractivity contribution is -0.125. The number of aromatic nitrogens is 1. The van der Waals surface area contributed by atoms with E-state index in [1.165, 1.54) is 11.1 Å². The maximum Gasteiger partial charge on any atom is 0.412 e. The maximum atomic E-state index is 13.3. The summed E-state index contributed by atoms with van der Waals surface area (Å²) in [5.41, 5.74) is 2.74. The fourth-order valence-electron chi connectivity index (χ4n) is 5.80. The predicted octanol–water partition coefficient (Wildman–Crippen LogP) is 6.00. The number of rotatable bonds is 9. The van der Waals surface area contributed by atoms with Gasteiger partial charge in [-0.15, -0.1) is 11.8 Å². The average Bonchev–Trinajstić information content (AvgIpc) is 3.47. The van der Waals surface area contributed by atoms with Crippen LogP contribution in [0, 0.1) is 0 Å². The van der Waals surface area contributed by atoms with Gasteiger partial charge in [0, 0.05) is 61.5 Å². The van der Waals surface area contributed by atoms with Crippen LogP contribution >= 0.6 is 23.4 Å². The van der Waals surface area contributed by atoms with Gasteiger partial charge in [0.25, 0.3) is 0 Å². The molecule has 3 heterocycles. The van der Waals surface area contributed by atoms with E-state index >= 15 is 0 Å². The Bertz CT molecular complexity index is 1370. The highest BCUT2D eigenvalue weighted by atomic mass is 35.5. The zero-order chi connectivity index (χ0) is 31.1. The van der Waals surface area contributed by atoms with Crippen molar-refractivity contribution in [3.63, 3.8) is 0 Å². The van der Waals surface area contributed by atoms with Crippen LogP contribution in [-0.4, -0.2) is 88.3 Å². The number of ether oxygens (including phenoxy) is 1. The Balaban J connectivity index is 1.13. The lowest BCUT2D eigenvalue weighted by atomic mass is 9.96. The quantitative estimate of drug-likeness (QED) is 0.289. The van der Waals surface area contributed by atoms with E-state index < -0.39 is 17.7 Å². The number of pyridine rings is 1. The van der Waals surface area contributed by atoms with Gasteiger partial charge >= 0.3 is 6.09 Å². The monoisotopic (exact) mass is 635 g/mol. The lowest BCUT2D eigenvalue weighted by Gasteiger charge is -2.40. The molecule has 2 aliphatic heterocycles. The van der Waals surface area contributed by atoms with E-state index in [0.717, 1.165) is 49.7 Å². The first-order valence-electron chi connectivity index (χ1n) is 15.3. The van der Waals surface area contributed by atoms with E-state index in [9.17, 15) is 9.59 Å². The van der Waals surface area contributed by atoms with Gasteiger partial charge in [-0.1, -0.05) is 60.1 Å². The first-order valence-corrected chi connectivity index (χ1v) is 16.7. The number of carbonyl (C=O) groups excluding carboxylic acids is 2. The molecule has 2 unspecified atom stereocenters. The molecule has 5 rings (SSSR count). The van der Waals surface area contributed by atoms with Crippen molar-refractivity contribution in [2.45, 2.75) is 50.3 Å². The van der Waals surface area contributed by atoms with Crippen molar-refractivity contribution in [3.05, 3.63) is 101 Å². The second-order valence-corrected chi connectivity index (χ2v) is 13.8. The minimum Gasteiger partial charge on any atom is -0.444 e. The molecule has 1 N–H and O–H groups in total. The van der Waals surface area contributed by atoms with E-state index in [2.05, 4.69) is 62.6 Å². The highest BCUT2D eigenvalue weighted by Gasteiger charge is 2.44. The van der Waals surface area contributed by atoms with E-state index in [1.807, 2.05) is 45.0 Å². The molecule has 0 bridgehead atoms. The van der Waals surface area contributed by atoms with Gasteiger partial charge in [-0.3, -0.25) is 19.6 Å². The van der Waals surface area contributed by atoms with Crippen LogP contribution in [0.5, 0.6) is 0 Å². The number of nitrogens with zero attached hydrogens (tertiary/aromatic N) is 4. The van der Waals surface area contributed by atoms with Crippen molar-refractivity contribution < 1.29 is 14.3 Å². The second-order valence-electron chi connectivity index (χ2n) is 12.3. The molecule has 2 aromatic carbocycles. The van der Waals surface area contributed by atoms with Crippen LogP contribution in [0.2, 0.25) is 5.02 Å². The summed E-state index contributed by atoms with van der Waals surface area (Å²) in [6.07, 6.45) is 3.80. The summed E-state index contributed by atoms with van der Waals surface area (Å²) in [7, 11) is 0. The Morgan fingerprint density at radius 2 is 1.70 bits per heavy atom. The average molecular weight is 636 g/mol. The summed E-state index contributed by atoms with van der Waals surface area (Å²) in [4.78, 5) is 37.4. The van der Waals surface area contributed by atoms with Crippen LogP contribution in [0.15, 0.2) is 79.1 Å². The third-order valence-corrected chi connectivity index (χ3v) is 9.48. The summed E-state index contributed by atoms with van der Waals surface area (Å²) < 4.78 is 5.70. The zero-order valence-corrected chi connectivity index (χ0v) is 27.3. The van der Waals surface area contributed by atoms with Crippen molar-refractivity contribution in [2.75, 3.05) is 45.0 Å². The summed E-state index contributed by atoms with van der Waals surface area (Å²) in [6, 6.07) is 22.2. The van der Waals surface area contributed by atoms with Crippen LogP contribution in [0.4, 0.5) is 4.79 Å². The molecule has 2 amide bonds. The molecular formula is C34H42ClN5O3S. The first kappa shape index (κ1) is 32.3. The molecule has 8 nitrogen and oxygen atoms in total. The van der Waals surface area contributed by atoms with Gasteiger partial charge in [0.05, 0.1) is 6.04 Å². The smallest absolute Gasteiger partial charge is 0.412 e. The van der Waals surface area contributed by atoms with Crippen LogP contribution in [0.25, 0.3) is 0 Å². The van der Waals surface area contributed by atoms with Crippen molar-refractivity contribution >= 4 is 35.4 Å². The van der Waals surface area contributed by atoms with Crippen molar-refractivity contribution in [1.29, 1.82) is 0 Å². The molecule has 44 heavy (non-hydrogen) atoms. The number of halogens is 1. The maximum absolute atomic E-state index is 13.3. The van der Waals surface area contributed by atoms with E-state index in [-0.39, 0.29) is 17.3 Å². The van der Waals surface area contributed by atoms with Crippen LogP contribution in [0.3, 0.4) is 0 Å².